The van der Waals surface area contributed by atoms with Crippen LogP contribution in [-0.2, 0) is 16.6 Å². The molecule has 0 bridgehead atoms. The molecule has 21 heavy (non-hydrogen) atoms. The number of aromatic nitrogens is 2. The summed E-state index contributed by atoms with van der Waals surface area (Å²) in [5, 5.41) is -0.425. The number of rotatable bonds is 5. The molecule has 2 aromatic rings. The maximum absolute atomic E-state index is 13.5. The molecule has 0 fully saturated rings. The van der Waals surface area contributed by atoms with Gasteiger partial charge in [-0.1, -0.05) is 11.6 Å². The van der Waals surface area contributed by atoms with Crippen LogP contribution in [0.15, 0.2) is 12.1 Å². The van der Waals surface area contributed by atoms with Crippen LogP contribution in [-0.4, -0.2) is 30.8 Å². The van der Waals surface area contributed by atoms with Crippen molar-refractivity contribution in [1.29, 1.82) is 0 Å². The highest BCUT2D eigenvalue weighted by Gasteiger charge is 2.17. The molecule has 1 aromatic carbocycles. The van der Waals surface area contributed by atoms with Crippen LogP contribution >= 0.6 is 23.2 Å². The molecule has 1 N–H and O–H groups in total. The minimum absolute atomic E-state index is 0.0199. The Morgan fingerprint density at radius 1 is 1.48 bits per heavy atom. The first-order chi connectivity index (χ1) is 9.69. The molecule has 0 spiro atoms. The minimum atomic E-state index is -3.28. The molecule has 0 aliphatic heterocycles. The molecule has 0 aliphatic carbocycles. The number of sulfonamides is 1. The number of benzene rings is 1. The van der Waals surface area contributed by atoms with E-state index in [4.69, 9.17) is 23.2 Å². The third kappa shape index (κ3) is 3.85. The van der Waals surface area contributed by atoms with Gasteiger partial charge >= 0.3 is 0 Å². The highest BCUT2D eigenvalue weighted by Crippen LogP contribution is 2.28. The van der Waals surface area contributed by atoms with Crippen molar-refractivity contribution in [3.63, 3.8) is 0 Å². The number of halogens is 3. The summed E-state index contributed by atoms with van der Waals surface area (Å²) < 4.78 is 39.8. The number of alkyl halides is 1. The molecule has 1 aromatic heterocycles. The van der Waals surface area contributed by atoms with Crippen molar-refractivity contribution in [2.45, 2.75) is 18.8 Å². The average molecular weight is 354 g/mol. The summed E-state index contributed by atoms with van der Waals surface area (Å²) in [7, 11) is -3.28. The lowest BCUT2D eigenvalue weighted by atomic mass is 10.3. The topological polar surface area (TPSA) is 64.0 Å². The number of imidazole rings is 1. The Labute approximate surface area is 132 Å². The molecule has 9 heteroatoms. The molecule has 0 aliphatic rings. The van der Waals surface area contributed by atoms with Crippen molar-refractivity contribution < 1.29 is 12.8 Å². The molecule has 0 saturated carbocycles. The Balaban J connectivity index is 2.43. The van der Waals surface area contributed by atoms with Crippen LogP contribution in [0.2, 0.25) is 5.02 Å². The highest BCUT2D eigenvalue weighted by molar-refractivity contribution is 7.88. The fourth-order valence-electron chi connectivity index (χ4n) is 2.02. The van der Waals surface area contributed by atoms with Crippen molar-refractivity contribution in [2.75, 3.05) is 12.8 Å². The largest absolute Gasteiger partial charge is 0.325 e. The molecule has 0 amide bonds. The molecule has 2 rings (SSSR count). The third-order valence-electron chi connectivity index (χ3n) is 2.88. The molecular weight excluding hydrogens is 340 g/mol. The van der Waals surface area contributed by atoms with Crippen LogP contribution in [0.3, 0.4) is 0 Å². The maximum atomic E-state index is 13.5. The van der Waals surface area contributed by atoms with Crippen molar-refractivity contribution in [3.05, 3.63) is 28.8 Å². The van der Waals surface area contributed by atoms with Gasteiger partial charge in [-0.3, -0.25) is 0 Å². The predicted molar refractivity (Wildman–Crippen MR) is 81.8 cm³/mol. The van der Waals surface area contributed by atoms with Gasteiger partial charge < -0.3 is 4.57 Å². The smallest absolute Gasteiger partial charge is 0.208 e. The summed E-state index contributed by atoms with van der Waals surface area (Å²) in [5.41, 5.74) is 1.04. The minimum Gasteiger partial charge on any atom is -0.325 e. The van der Waals surface area contributed by atoms with Gasteiger partial charge in [-0.2, -0.15) is 0 Å². The van der Waals surface area contributed by atoms with Gasteiger partial charge in [0.2, 0.25) is 10.0 Å². The second-order valence-corrected chi connectivity index (χ2v) is 7.55. The normalized spacial score (nSPS) is 13.8. The zero-order valence-corrected chi connectivity index (χ0v) is 13.7. The SMILES string of the molecule is CC(Cl)c1nc2cc(F)c(Cl)cc2n1CCNS(C)(=O)=O. The van der Waals surface area contributed by atoms with Gasteiger partial charge in [-0.25, -0.2) is 22.5 Å². The van der Waals surface area contributed by atoms with E-state index < -0.39 is 21.2 Å². The zero-order valence-electron chi connectivity index (χ0n) is 11.4. The van der Waals surface area contributed by atoms with Gasteiger partial charge in [-0.15, -0.1) is 11.6 Å². The molecule has 5 nitrogen and oxygen atoms in total. The second-order valence-electron chi connectivity index (χ2n) is 4.66. The van der Waals surface area contributed by atoms with Crippen molar-refractivity contribution >= 4 is 44.3 Å². The van der Waals surface area contributed by atoms with Gasteiger partial charge in [0.25, 0.3) is 0 Å². The molecular formula is C12H14Cl2FN3O2S. The van der Waals surface area contributed by atoms with E-state index in [0.717, 1.165) is 6.26 Å². The fourth-order valence-corrected chi connectivity index (χ4v) is 2.81. The first-order valence-corrected chi connectivity index (χ1v) is 8.83. The number of fused-ring (bicyclic) bond motifs is 1. The second kappa shape index (κ2) is 6.08. The monoisotopic (exact) mass is 353 g/mol. The van der Waals surface area contributed by atoms with E-state index in [1.807, 2.05) is 0 Å². The molecule has 116 valence electrons. The quantitative estimate of drug-likeness (QED) is 0.840. The lowest BCUT2D eigenvalue weighted by Crippen LogP contribution is -2.26. The Morgan fingerprint density at radius 2 is 2.14 bits per heavy atom. The van der Waals surface area contributed by atoms with Crippen LogP contribution in [0.25, 0.3) is 11.0 Å². The summed E-state index contributed by atoms with van der Waals surface area (Å²) in [6, 6.07) is 2.70. The van der Waals surface area contributed by atoms with E-state index in [2.05, 4.69) is 9.71 Å². The first-order valence-electron chi connectivity index (χ1n) is 6.13. The van der Waals surface area contributed by atoms with Crippen LogP contribution < -0.4 is 4.72 Å². The standard InChI is InChI=1S/C12H14Cl2FN3O2S/c1-7(13)12-17-10-6-9(15)8(14)5-11(10)18(12)4-3-16-21(2,19)20/h5-7,16H,3-4H2,1-2H3. The average Bonchev–Trinajstić information content (AvgIpc) is 2.67. The van der Waals surface area contributed by atoms with Gasteiger partial charge in [0.05, 0.1) is 27.7 Å². The van der Waals surface area contributed by atoms with Crippen LogP contribution in [0.1, 0.15) is 18.1 Å². The van der Waals surface area contributed by atoms with E-state index in [0.29, 0.717) is 23.4 Å². The van der Waals surface area contributed by atoms with Crippen molar-refractivity contribution in [3.8, 4) is 0 Å². The summed E-state index contributed by atoms with van der Waals surface area (Å²) in [6.07, 6.45) is 1.08. The number of nitrogens with one attached hydrogen (secondary N) is 1. The van der Waals surface area contributed by atoms with E-state index in [-0.39, 0.29) is 11.6 Å². The van der Waals surface area contributed by atoms with E-state index >= 15 is 0 Å². The van der Waals surface area contributed by atoms with E-state index in [1.54, 1.807) is 11.5 Å². The summed E-state index contributed by atoms with van der Waals surface area (Å²) in [4.78, 5) is 4.28. The van der Waals surface area contributed by atoms with Gasteiger partial charge in [-0.05, 0) is 13.0 Å². The van der Waals surface area contributed by atoms with Crippen molar-refractivity contribution in [2.24, 2.45) is 0 Å². The van der Waals surface area contributed by atoms with Crippen LogP contribution in [0.4, 0.5) is 4.39 Å². The zero-order chi connectivity index (χ0) is 15.8. The number of hydrogen-bond donors (Lipinski definition) is 1. The molecule has 0 saturated heterocycles. The first kappa shape index (κ1) is 16.5. The Morgan fingerprint density at radius 3 is 2.71 bits per heavy atom. The lowest BCUT2D eigenvalue weighted by molar-refractivity contribution is 0.577. The summed E-state index contributed by atoms with van der Waals surface area (Å²) in [6.45, 7) is 2.23. The fraction of sp³-hybridized carbons (Fsp3) is 0.417. The predicted octanol–water partition coefficient (Wildman–Crippen LogP) is 2.68. The van der Waals surface area contributed by atoms with Crippen LogP contribution in [0.5, 0.6) is 0 Å². The Kier molecular flexibility index (Phi) is 4.77. The van der Waals surface area contributed by atoms with Gasteiger partial charge in [0.1, 0.15) is 11.6 Å². The molecule has 0 radical (unpaired) electrons. The van der Waals surface area contributed by atoms with E-state index in [1.165, 1.54) is 12.1 Å². The molecule has 1 atom stereocenters. The molecule has 1 unspecified atom stereocenters. The van der Waals surface area contributed by atoms with Gasteiger partial charge in [0, 0.05) is 19.2 Å². The number of nitrogens with zero attached hydrogens (tertiary/aromatic N) is 2. The third-order valence-corrected chi connectivity index (χ3v) is 4.09. The maximum Gasteiger partial charge on any atom is 0.208 e. The summed E-state index contributed by atoms with van der Waals surface area (Å²) >= 11 is 11.9. The van der Waals surface area contributed by atoms with Crippen LogP contribution in [0, 0.1) is 5.82 Å². The van der Waals surface area contributed by atoms with E-state index in [9.17, 15) is 12.8 Å². The molecule has 1 heterocycles. The Bertz CT molecular complexity index is 774. The van der Waals surface area contributed by atoms with Gasteiger partial charge in [0.15, 0.2) is 0 Å². The highest BCUT2D eigenvalue weighted by atomic mass is 35.5. The number of hydrogen-bond acceptors (Lipinski definition) is 3. The summed E-state index contributed by atoms with van der Waals surface area (Å²) in [5.74, 6) is -0.0273. The van der Waals surface area contributed by atoms with Crippen molar-refractivity contribution in [1.82, 2.24) is 14.3 Å². The lowest BCUT2D eigenvalue weighted by Gasteiger charge is -2.10. The Hall–Kier alpha value is -0.890.